The second kappa shape index (κ2) is 6.73. The van der Waals surface area contributed by atoms with Crippen LogP contribution in [0.4, 0.5) is 0 Å². The number of fused-ring (bicyclic) bond motifs is 1. The van der Waals surface area contributed by atoms with Crippen molar-refractivity contribution in [2.75, 3.05) is 0 Å². The van der Waals surface area contributed by atoms with Crippen LogP contribution in [0.2, 0.25) is 0 Å². The van der Waals surface area contributed by atoms with Gasteiger partial charge < -0.3 is 0 Å². The molecule has 124 valence electrons. The van der Waals surface area contributed by atoms with Gasteiger partial charge in [-0.05, 0) is 38.8 Å². The fourth-order valence-electron chi connectivity index (χ4n) is 2.55. The topological polar surface area (TPSA) is 60.2 Å². The Morgan fingerprint density at radius 3 is 2.58 bits per heavy atom. The van der Waals surface area contributed by atoms with Gasteiger partial charge in [0.15, 0.2) is 5.78 Å². The van der Waals surface area contributed by atoms with Crippen LogP contribution in [0.5, 0.6) is 0 Å². The zero-order valence-corrected chi connectivity index (χ0v) is 15.1. The highest BCUT2D eigenvalue weighted by molar-refractivity contribution is 8.00. The van der Waals surface area contributed by atoms with Crippen LogP contribution in [0, 0.1) is 13.8 Å². The Morgan fingerprint density at radius 1 is 1.21 bits per heavy atom. The number of hydrogen-bond acceptors (Lipinski definition) is 5. The Bertz CT molecular complexity index is 886. The largest absolute Gasteiger partial charge is 0.293 e. The SMILES string of the molecule is CCc1ccc(C(=O)[C@H](C)Sc2nc3nc(C)cc(C)n3n2)cc1. The molecule has 3 aromatic rings. The predicted molar refractivity (Wildman–Crippen MR) is 95.7 cm³/mol. The van der Waals surface area contributed by atoms with E-state index in [1.165, 1.54) is 17.3 Å². The molecule has 24 heavy (non-hydrogen) atoms. The zero-order chi connectivity index (χ0) is 17.3. The highest BCUT2D eigenvalue weighted by Gasteiger charge is 2.19. The number of Topliss-reactive ketones (excluding diaryl/α,β-unsaturated/α-hetero) is 1. The molecule has 2 heterocycles. The molecule has 1 atom stereocenters. The summed E-state index contributed by atoms with van der Waals surface area (Å²) in [5.41, 5.74) is 3.84. The lowest BCUT2D eigenvalue weighted by Gasteiger charge is -2.08. The third kappa shape index (κ3) is 3.33. The number of rotatable bonds is 5. The van der Waals surface area contributed by atoms with Gasteiger partial charge in [0.25, 0.3) is 5.78 Å². The minimum atomic E-state index is -0.253. The number of ketones is 1. The van der Waals surface area contributed by atoms with Crippen molar-refractivity contribution in [1.29, 1.82) is 0 Å². The molecule has 0 bridgehead atoms. The molecule has 0 unspecified atom stereocenters. The number of aromatic nitrogens is 4. The normalized spacial score (nSPS) is 12.5. The van der Waals surface area contributed by atoms with Crippen LogP contribution in [-0.4, -0.2) is 30.6 Å². The van der Waals surface area contributed by atoms with E-state index < -0.39 is 0 Å². The molecular formula is C18H20N4OS. The van der Waals surface area contributed by atoms with E-state index >= 15 is 0 Å². The van der Waals surface area contributed by atoms with Crippen molar-refractivity contribution in [3.8, 4) is 0 Å². The molecule has 0 radical (unpaired) electrons. The van der Waals surface area contributed by atoms with E-state index in [2.05, 4.69) is 22.0 Å². The number of carbonyl (C=O) groups is 1. The van der Waals surface area contributed by atoms with Gasteiger partial charge in [-0.2, -0.15) is 4.98 Å². The Balaban J connectivity index is 1.79. The molecule has 0 aliphatic heterocycles. The molecular weight excluding hydrogens is 320 g/mol. The van der Waals surface area contributed by atoms with E-state index in [0.717, 1.165) is 23.4 Å². The van der Waals surface area contributed by atoms with Crippen molar-refractivity contribution in [3.05, 3.63) is 52.8 Å². The summed E-state index contributed by atoms with van der Waals surface area (Å²) >= 11 is 1.36. The number of carbonyl (C=O) groups excluding carboxylic acids is 1. The van der Waals surface area contributed by atoms with Gasteiger partial charge in [0.05, 0.1) is 5.25 Å². The van der Waals surface area contributed by atoms with Crippen LogP contribution >= 0.6 is 11.8 Å². The lowest BCUT2D eigenvalue weighted by atomic mass is 10.1. The van der Waals surface area contributed by atoms with Gasteiger partial charge in [-0.25, -0.2) is 9.50 Å². The van der Waals surface area contributed by atoms with Crippen molar-refractivity contribution >= 4 is 23.3 Å². The third-order valence-electron chi connectivity index (χ3n) is 3.90. The van der Waals surface area contributed by atoms with E-state index in [4.69, 9.17) is 0 Å². The first-order valence-corrected chi connectivity index (χ1v) is 8.86. The fraction of sp³-hybridized carbons (Fsp3) is 0.333. The summed E-state index contributed by atoms with van der Waals surface area (Å²) in [6, 6.07) is 9.75. The third-order valence-corrected chi connectivity index (χ3v) is 4.85. The van der Waals surface area contributed by atoms with Crippen LogP contribution in [0.15, 0.2) is 35.5 Å². The predicted octanol–water partition coefficient (Wildman–Crippen LogP) is 3.67. The summed E-state index contributed by atoms with van der Waals surface area (Å²) in [5, 5.41) is 4.77. The van der Waals surface area contributed by atoms with Crippen LogP contribution in [0.3, 0.4) is 0 Å². The number of hydrogen-bond donors (Lipinski definition) is 0. The average Bonchev–Trinajstić information content (AvgIpc) is 2.96. The summed E-state index contributed by atoms with van der Waals surface area (Å²) in [6.45, 7) is 7.88. The Labute approximate surface area is 145 Å². The number of benzene rings is 1. The minimum absolute atomic E-state index is 0.0855. The second-order valence-corrected chi connectivity index (χ2v) is 7.13. The van der Waals surface area contributed by atoms with Gasteiger partial charge in [-0.3, -0.25) is 4.79 Å². The molecule has 2 aromatic heterocycles. The van der Waals surface area contributed by atoms with Crippen molar-refractivity contribution in [1.82, 2.24) is 19.6 Å². The molecule has 0 aliphatic rings. The molecule has 6 heteroatoms. The average molecular weight is 340 g/mol. The Hall–Kier alpha value is -2.21. The van der Waals surface area contributed by atoms with Gasteiger partial charge in [0.1, 0.15) is 0 Å². The first kappa shape index (κ1) is 16.6. The zero-order valence-electron chi connectivity index (χ0n) is 14.3. The van der Waals surface area contributed by atoms with E-state index in [1.54, 1.807) is 4.52 Å². The van der Waals surface area contributed by atoms with Gasteiger partial charge in [-0.15, -0.1) is 5.10 Å². The van der Waals surface area contributed by atoms with E-state index in [9.17, 15) is 4.79 Å². The maximum Gasteiger partial charge on any atom is 0.253 e. The molecule has 0 amide bonds. The summed E-state index contributed by atoms with van der Waals surface area (Å²) < 4.78 is 1.71. The maximum atomic E-state index is 12.6. The van der Waals surface area contributed by atoms with Crippen LogP contribution in [-0.2, 0) is 6.42 Å². The van der Waals surface area contributed by atoms with Gasteiger partial charge >= 0.3 is 0 Å². The summed E-state index contributed by atoms with van der Waals surface area (Å²) in [4.78, 5) is 21.4. The van der Waals surface area contributed by atoms with Crippen molar-refractivity contribution in [3.63, 3.8) is 0 Å². The lowest BCUT2D eigenvalue weighted by molar-refractivity contribution is 0.0994. The van der Waals surface area contributed by atoms with Gasteiger partial charge in [0, 0.05) is 17.0 Å². The van der Waals surface area contributed by atoms with Crippen LogP contribution in [0.25, 0.3) is 5.78 Å². The lowest BCUT2D eigenvalue weighted by Crippen LogP contribution is -2.13. The maximum absolute atomic E-state index is 12.6. The molecule has 0 fully saturated rings. The Morgan fingerprint density at radius 2 is 1.92 bits per heavy atom. The summed E-state index contributed by atoms with van der Waals surface area (Å²) in [7, 11) is 0. The smallest absolute Gasteiger partial charge is 0.253 e. The molecule has 1 aromatic carbocycles. The quantitative estimate of drug-likeness (QED) is 0.524. The molecule has 0 saturated heterocycles. The first-order valence-electron chi connectivity index (χ1n) is 7.98. The van der Waals surface area contributed by atoms with Crippen molar-refractivity contribution in [2.45, 2.75) is 44.5 Å². The summed E-state index contributed by atoms with van der Waals surface area (Å²) in [6.07, 6.45) is 0.968. The molecule has 0 spiro atoms. The van der Waals surface area contributed by atoms with Gasteiger partial charge in [0.2, 0.25) is 5.16 Å². The highest BCUT2D eigenvalue weighted by Crippen LogP contribution is 2.23. The molecule has 3 rings (SSSR count). The summed E-state index contributed by atoms with van der Waals surface area (Å²) in [5.74, 6) is 0.657. The highest BCUT2D eigenvalue weighted by atomic mass is 32.2. The second-order valence-electron chi connectivity index (χ2n) is 5.82. The molecule has 0 N–H and O–H groups in total. The van der Waals surface area contributed by atoms with Crippen molar-refractivity contribution < 1.29 is 4.79 Å². The first-order chi connectivity index (χ1) is 11.5. The molecule has 5 nitrogen and oxygen atoms in total. The van der Waals surface area contributed by atoms with E-state index in [-0.39, 0.29) is 11.0 Å². The monoisotopic (exact) mass is 340 g/mol. The number of nitrogens with zero attached hydrogens (tertiary/aromatic N) is 4. The van der Waals surface area contributed by atoms with Crippen molar-refractivity contribution in [2.24, 2.45) is 0 Å². The number of thioether (sulfide) groups is 1. The van der Waals surface area contributed by atoms with Crippen LogP contribution < -0.4 is 0 Å². The number of aryl methyl sites for hydroxylation is 3. The van der Waals surface area contributed by atoms with Gasteiger partial charge in [-0.1, -0.05) is 43.0 Å². The van der Waals surface area contributed by atoms with Crippen LogP contribution in [0.1, 0.15) is 41.2 Å². The van der Waals surface area contributed by atoms with E-state index in [0.29, 0.717) is 10.9 Å². The van der Waals surface area contributed by atoms with E-state index in [1.807, 2.05) is 51.1 Å². The standard InChI is InChI=1S/C18H20N4OS/c1-5-14-6-8-15(9-7-14)16(23)13(4)24-18-20-17-19-11(2)10-12(3)22(17)21-18/h6-10,13H,5H2,1-4H3/t13-/m0/s1. The Kier molecular flexibility index (Phi) is 4.66. The molecule has 0 aliphatic carbocycles. The minimum Gasteiger partial charge on any atom is -0.293 e. The molecule has 0 saturated carbocycles. The fourth-order valence-corrected chi connectivity index (χ4v) is 3.37.